The Bertz CT molecular complexity index is 785. The van der Waals surface area contributed by atoms with E-state index in [9.17, 15) is 4.39 Å². The van der Waals surface area contributed by atoms with Crippen molar-refractivity contribution in [2.24, 2.45) is 0 Å². The van der Waals surface area contributed by atoms with Crippen molar-refractivity contribution in [1.82, 2.24) is 0 Å². The number of hydrogen-bond acceptors (Lipinski definition) is 2. The molecule has 0 amide bonds. The lowest BCUT2D eigenvalue weighted by molar-refractivity contribution is 0.584. The van der Waals surface area contributed by atoms with Crippen LogP contribution in [0.3, 0.4) is 0 Å². The molecule has 0 aliphatic carbocycles. The zero-order chi connectivity index (χ0) is 18.6. The van der Waals surface area contributed by atoms with Crippen molar-refractivity contribution < 1.29 is 4.39 Å². The summed E-state index contributed by atoms with van der Waals surface area (Å²) in [5.74, 6) is -0.659. The largest absolute Gasteiger partial charge is 0.397 e. The third kappa shape index (κ3) is 4.23. The van der Waals surface area contributed by atoms with E-state index in [1.165, 1.54) is 6.07 Å². The minimum atomic E-state index is -0.412. The van der Waals surface area contributed by atoms with Gasteiger partial charge in [-0.25, -0.2) is 4.39 Å². The minimum absolute atomic E-state index is 0.110. The first-order valence-corrected chi connectivity index (χ1v) is 8.67. The lowest BCUT2D eigenvalue weighted by Gasteiger charge is -2.25. The van der Waals surface area contributed by atoms with E-state index in [0.717, 1.165) is 23.2 Å². The van der Waals surface area contributed by atoms with E-state index in [1.54, 1.807) is 18.2 Å². The van der Waals surface area contributed by atoms with Gasteiger partial charge in [0.15, 0.2) is 0 Å². The number of benzene rings is 2. The Morgan fingerprint density at radius 2 is 2.08 bits per heavy atom. The van der Waals surface area contributed by atoms with Gasteiger partial charge in [0.25, 0.3) is 0 Å². The summed E-state index contributed by atoms with van der Waals surface area (Å²) in [5, 5.41) is 3.46. The van der Waals surface area contributed by atoms with Gasteiger partial charge in [0.1, 0.15) is 5.82 Å². The fraction of sp³-hybridized carbons (Fsp3) is 0.238. The van der Waals surface area contributed by atoms with Crippen LogP contribution in [-0.2, 0) is 0 Å². The Labute approximate surface area is 154 Å². The topological polar surface area (TPSA) is 38.0 Å². The molecule has 2 atom stereocenters. The molecule has 0 fully saturated rings. The van der Waals surface area contributed by atoms with Crippen LogP contribution in [0.25, 0.3) is 5.57 Å². The third-order valence-electron chi connectivity index (χ3n) is 4.40. The maximum atomic E-state index is 14.4. The molecule has 2 rings (SSSR count). The molecule has 2 unspecified atom stereocenters. The molecule has 0 saturated carbocycles. The molecular formula is C21H24ClFN2. The smallest absolute Gasteiger partial charge is 0.145 e. The first-order chi connectivity index (χ1) is 11.9. The van der Waals surface area contributed by atoms with Gasteiger partial charge in [0, 0.05) is 12.0 Å². The SMILES string of the molecule is C=CC(c1cccc(Cl)c1F)C(C)Nc1ccc(C(=C)CC)cc1N. The molecule has 0 radical (unpaired) electrons. The van der Waals surface area contributed by atoms with Gasteiger partial charge in [0.2, 0.25) is 0 Å². The predicted molar refractivity (Wildman–Crippen MR) is 108 cm³/mol. The predicted octanol–water partition coefficient (Wildman–Crippen LogP) is 6.25. The van der Waals surface area contributed by atoms with E-state index in [4.69, 9.17) is 17.3 Å². The molecule has 0 bridgehead atoms. The van der Waals surface area contributed by atoms with E-state index in [1.807, 2.05) is 25.1 Å². The number of nitrogens with one attached hydrogen (secondary N) is 1. The first-order valence-electron chi connectivity index (χ1n) is 8.29. The molecule has 0 saturated heterocycles. The zero-order valence-electron chi connectivity index (χ0n) is 14.7. The summed E-state index contributed by atoms with van der Waals surface area (Å²) in [6, 6.07) is 10.7. The van der Waals surface area contributed by atoms with Gasteiger partial charge in [-0.3, -0.25) is 0 Å². The first kappa shape index (κ1) is 19.1. The fourth-order valence-electron chi connectivity index (χ4n) is 2.83. The summed E-state index contributed by atoms with van der Waals surface area (Å²) in [6.07, 6.45) is 2.59. The average Bonchev–Trinajstić information content (AvgIpc) is 2.60. The Balaban J connectivity index is 2.25. The number of rotatable bonds is 7. The molecule has 2 aromatic carbocycles. The number of anilines is 2. The normalized spacial score (nSPS) is 13.1. The average molecular weight is 359 g/mol. The van der Waals surface area contributed by atoms with Crippen LogP contribution in [0.1, 0.15) is 37.3 Å². The van der Waals surface area contributed by atoms with Crippen LogP contribution in [0, 0.1) is 5.82 Å². The summed E-state index contributed by atoms with van der Waals surface area (Å²) in [4.78, 5) is 0. The monoisotopic (exact) mass is 358 g/mol. The summed E-state index contributed by atoms with van der Waals surface area (Å²) in [5.41, 5.74) is 10.2. The minimum Gasteiger partial charge on any atom is -0.397 e. The Kier molecular flexibility index (Phi) is 6.27. The van der Waals surface area contributed by atoms with Crippen LogP contribution in [0.2, 0.25) is 5.02 Å². The Hall–Kier alpha value is -2.26. The van der Waals surface area contributed by atoms with Crippen molar-refractivity contribution in [1.29, 1.82) is 0 Å². The Morgan fingerprint density at radius 3 is 2.68 bits per heavy atom. The van der Waals surface area contributed by atoms with Crippen LogP contribution >= 0.6 is 11.6 Å². The van der Waals surface area contributed by atoms with E-state index >= 15 is 0 Å². The van der Waals surface area contributed by atoms with Crippen molar-refractivity contribution in [3.8, 4) is 0 Å². The molecule has 0 aliphatic rings. The van der Waals surface area contributed by atoms with Gasteiger partial charge in [-0.15, -0.1) is 6.58 Å². The highest BCUT2D eigenvalue weighted by molar-refractivity contribution is 6.30. The van der Waals surface area contributed by atoms with Crippen LogP contribution < -0.4 is 11.1 Å². The highest BCUT2D eigenvalue weighted by Gasteiger charge is 2.21. The molecule has 0 spiro atoms. The highest BCUT2D eigenvalue weighted by atomic mass is 35.5. The second-order valence-electron chi connectivity index (χ2n) is 6.10. The lowest BCUT2D eigenvalue weighted by Crippen LogP contribution is -2.24. The van der Waals surface area contributed by atoms with E-state index in [0.29, 0.717) is 11.3 Å². The van der Waals surface area contributed by atoms with Crippen LogP contribution in [0.5, 0.6) is 0 Å². The standard InChI is InChI=1S/C21H24ClFN2/c1-5-13(3)15-10-11-20(19(24)12-15)25-14(4)16(6-2)17-8-7-9-18(22)21(17)23/h6-12,14,16,25H,2-3,5,24H2,1,4H3. The van der Waals surface area contributed by atoms with Gasteiger partial charge < -0.3 is 11.1 Å². The van der Waals surface area contributed by atoms with Gasteiger partial charge in [0.05, 0.1) is 16.4 Å². The third-order valence-corrected chi connectivity index (χ3v) is 4.69. The summed E-state index contributed by atoms with van der Waals surface area (Å²) < 4.78 is 14.4. The quantitative estimate of drug-likeness (QED) is 0.453. The number of hydrogen-bond donors (Lipinski definition) is 2. The van der Waals surface area contributed by atoms with E-state index < -0.39 is 5.82 Å². The van der Waals surface area contributed by atoms with Crippen molar-refractivity contribution >= 4 is 28.5 Å². The second kappa shape index (κ2) is 8.21. The van der Waals surface area contributed by atoms with Gasteiger partial charge in [-0.1, -0.05) is 49.4 Å². The van der Waals surface area contributed by atoms with Crippen LogP contribution in [0.15, 0.2) is 55.6 Å². The van der Waals surface area contributed by atoms with Gasteiger partial charge in [-0.05, 0) is 48.2 Å². The van der Waals surface area contributed by atoms with Crippen molar-refractivity contribution in [3.63, 3.8) is 0 Å². The number of halogens is 2. The number of nitrogen functional groups attached to an aromatic ring is 1. The number of nitrogens with two attached hydrogens (primary N) is 1. The molecule has 3 N–H and O–H groups in total. The molecule has 0 heterocycles. The van der Waals surface area contributed by atoms with Crippen LogP contribution in [-0.4, -0.2) is 6.04 Å². The molecule has 4 heteroatoms. The maximum absolute atomic E-state index is 14.4. The molecule has 0 aliphatic heterocycles. The second-order valence-corrected chi connectivity index (χ2v) is 6.50. The van der Waals surface area contributed by atoms with Crippen molar-refractivity contribution in [2.75, 3.05) is 11.1 Å². The molecule has 0 aromatic heterocycles. The van der Waals surface area contributed by atoms with Gasteiger partial charge in [-0.2, -0.15) is 0 Å². The van der Waals surface area contributed by atoms with Crippen molar-refractivity contribution in [3.05, 3.63) is 77.6 Å². The van der Waals surface area contributed by atoms with E-state index in [-0.39, 0.29) is 17.0 Å². The maximum Gasteiger partial charge on any atom is 0.145 e. The number of allylic oxidation sites excluding steroid dienone is 1. The van der Waals surface area contributed by atoms with Crippen LogP contribution in [0.4, 0.5) is 15.8 Å². The zero-order valence-corrected chi connectivity index (χ0v) is 15.4. The molecular weight excluding hydrogens is 335 g/mol. The van der Waals surface area contributed by atoms with Gasteiger partial charge >= 0.3 is 0 Å². The fourth-order valence-corrected chi connectivity index (χ4v) is 3.01. The summed E-state index contributed by atoms with van der Waals surface area (Å²) in [7, 11) is 0. The molecule has 2 aromatic rings. The molecule has 2 nitrogen and oxygen atoms in total. The summed E-state index contributed by atoms with van der Waals surface area (Å²) >= 11 is 5.91. The van der Waals surface area contributed by atoms with E-state index in [2.05, 4.69) is 25.4 Å². The van der Waals surface area contributed by atoms with Crippen molar-refractivity contribution in [2.45, 2.75) is 32.2 Å². The highest BCUT2D eigenvalue weighted by Crippen LogP contribution is 2.31. The summed E-state index contributed by atoms with van der Waals surface area (Å²) in [6.45, 7) is 11.9. The Morgan fingerprint density at radius 1 is 1.36 bits per heavy atom. The lowest BCUT2D eigenvalue weighted by atomic mass is 9.91. The molecule has 132 valence electrons. The molecule has 25 heavy (non-hydrogen) atoms.